The molecule has 5 nitrogen and oxygen atoms in total. The van der Waals surface area contributed by atoms with Crippen LogP contribution in [0.25, 0.3) is 0 Å². The van der Waals surface area contributed by atoms with Gasteiger partial charge < -0.3 is 9.47 Å². The number of hydrogen-bond acceptors (Lipinski definition) is 5. The van der Waals surface area contributed by atoms with Gasteiger partial charge in [0.1, 0.15) is 6.61 Å². The molecule has 1 saturated heterocycles. The zero-order valence-electron chi connectivity index (χ0n) is 15.4. The van der Waals surface area contributed by atoms with Crippen LogP contribution in [0, 0.1) is 0 Å². The molecule has 1 aliphatic rings. The number of carbonyl (C=O) groups is 1. The second-order valence-corrected chi connectivity index (χ2v) is 6.83. The van der Waals surface area contributed by atoms with Crippen LogP contribution < -0.4 is 10.6 Å². The standard InChI is InChI=1S/C20H21F3N2O3/c1-18(15-11-7-4-8-12-15)16(14-9-5-3-6-10-14)24-19(25-18,13-27-2)28-17(26)20(21,22)23/h3-12,16,24-25H,13H2,1-2H3. The van der Waals surface area contributed by atoms with Gasteiger partial charge in [-0.2, -0.15) is 13.2 Å². The van der Waals surface area contributed by atoms with Crippen LogP contribution in [0.5, 0.6) is 0 Å². The number of ether oxygens (including phenoxy) is 2. The fraction of sp³-hybridized carbons (Fsp3) is 0.350. The molecule has 0 radical (unpaired) electrons. The van der Waals surface area contributed by atoms with E-state index in [1.54, 1.807) is 0 Å². The molecule has 3 unspecified atom stereocenters. The van der Waals surface area contributed by atoms with Crippen LogP contribution in [0.3, 0.4) is 0 Å². The Kier molecular flexibility index (Phi) is 5.47. The van der Waals surface area contributed by atoms with Crippen LogP contribution >= 0.6 is 0 Å². The van der Waals surface area contributed by atoms with Crippen molar-refractivity contribution in [3.8, 4) is 0 Å². The van der Waals surface area contributed by atoms with Gasteiger partial charge in [-0.05, 0) is 18.1 Å². The number of hydrogen-bond donors (Lipinski definition) is 2. The van der Waals surface area contributed by atoms with E-state index in [4.69, 9.17) is 9.47 Å². The molecule has 0 amide bonds. The normalized spacial score (nSPS) is 27.5. The number of carbonyl (C=O) groups excluding carboxylic acids is 1. The first-order chi connectivity index (χ1) is 13.2. The molecular weight excluding hydrogens is 373 g/mol. The first-order valence-corrected chi connectivity index (χ1v) is 8.67. The topological polar surface area (TPSA) is 59.6 Å². The molecule has 0 saturated carbocycles. The fourth-order valence-electron chi connectivity index (χ4n) is 3.57. The molecule has 0 aliphatic carbocycles. The molecule has 3 rings (SSSR count). The number of benzene rings is 2. The van der Waals surface area contributed by atoms with Gasteiger partial charge in [0.05, 0.1) is 11.6 Å². The Bertz CT molecular complexity index is 816. The largest absolute Gasteiger partial charge is 0.491 e. The molecule has 1 heterocycles. The van der Waals surface area contributed by atoms with E-state index in [-0.39, 0.29) is 6.61 Å². The number of alkyl halides is 3. The van der Waals surface area contributed by atoms with Crippen LogP contribution in [-0.2, 0) is 19.8 Å². The number of methoxy groups -OCH3 is 1. The van der Waals surface area contributed by atoms with Gasteiger partial charge in [0.25, 0.3) is 0 Å². The maximum Gasteiger partial charge on any atom is 0.491 e. The minimum Gasteiger partial charge on any atom is -0.421 e. The zero-order valence-corrected chi connectivity index (χ0v) is 15.4. The predicted molar refractivity (Wildman–Crippen MR) is 96.0 cm³/mol. The third-order valence-electron chi connectivity index (χ3n) is 4.77. The van der Waals surface area contributed by atoms with Crippen LogP contribution in [0.2, 0.25) is 0 Å². The monoisotopic (exact) mass is 394 g/mol. The Balaban J connectivity index is 2.06. The Morgan fingerprint density at radius 1 is 1.07 bits per heavy atom. The lowest BCUT2D eigenvalue weighted by atomic mass is 9.82. The molecule has 1 aliphatic heterocycles. The first kappa shape index (κ1) is 20.3. The lowest BCUT2D eigenvalue weighted by Gasteiger charge is -2.33. The zero-order chi connectivity index (χ0) is 20.4. The van der Waals surface area contributed by atoms with Gasteiger partial charge >= 0.3 is 12.1 Å². The summed E-state index contributed by atoms with van der Waals surface area (Å²) in [6, 6.07) is 18.0. The van der Waals surface area contributed by atoms with E-state index in [0.717, 1.165) is 11.1 Å². The van der Waals surface area contributed by atoms with Crippen molar-refractivity contribution in [2.75, 3.05) is 13.7 Å². The highest BCUT2D eigenvalue weighted by Gasteiger charge is 2.57. The summed E-state index contributed by atoms with van der Waals surface area (Å²) in [7, 11) is 1.32. The second-order valence-electron chi connectivity index (χ2n) is 6.83. The van der Waals surface area contributed by atoms with Crippen molar-refractivity contribution < 1.29 is 27.4 Å². The predicted octanol–water partition coefficient (Wildman–Crippen LogP) is 3.24. The van der Waals surface area contributed by atoms with Gasteiger partial charge in [-0.25, -0.2) is 4.79 Å². The summed E-state index contributed by atoms with van der Waals surface area (Å²) < 4.78 is 48.6. The molecule has 1 fully saturated rings. The Hall–Kier alpha value is -2.42. The maximum atomic E-state index is 12.9. The van der Waals surface area contributed by atoms with E-state index in [2.05, 4.69) is 10.6 Å². The molecule has 150 valence electrons. The van der Waals surface area contributed by atoms with E-state index >= 15 is 0 Å². The van der Waals surface area contributed by atoms with Gasteiger partial charge in [0, 0.05) is 7.11 Å². The summed E-state index contributed by atoms with van der Waals surface area (Å²) >= 11 is 0. The molecule has 2 N–H and O–H groups in total. The van der Waals surface area contributed by atoms with Crippen molar-refractivity contribution in [2.45, 2.75) is 30.5 Å². The maximum absolute atomic E-state index is 12.9. The third kappa shape index (κ3) is 3.89. The molecular formula is C20H21F3N2O3. The summed E-state index contributed by atoms with van der Waals surface area (Å²) in [6.45, 7) is 1.52. The van der Waals surface area contributed by atoms with E-state index < -0.39 is 29.6 Å². The number of esters is 1. The molecule has 2 aromatic rings. The molecule has 28 heavy (non-hydrogen) atoms. The van der Waals surface area contributed by atoms with E-state index in [9.17, 15) is 18.0 Å². The van der Waals surface area contributed by atoms with Gasteiger partial charge in [-0.15, -0.1) is 0 Å². The van der Waals surface area contributed by atoms with Crippen LogP contribution in [-0.4, -0.2) is 31.7 Å². The molecule has 0 spiro atoms. The fourth-order valence-corrected chi connectivity index (χ4v) is 3.57. The van der Waals surface area contributed by atoms with Gasteiger partial charge in [0.15, 0.2) is 0 Å². The minimum absolute atomic E-state index is 0.319. The smallest absolute Gasteiger partial charge is 0.421 e. The molecule has 0 aromatic heterocycles. The summed E-state index contributed by atoms with van der Waals surface area (Å²) in [5, 5.41) is 6.11. The van der Waals surface area contributed by atoms with E-state index in [1.807, 2.05) is 67.6 Å². The van der Waals surface area contributed by atoms with Crippen molar-refractivity contribution in [1.29, 1.82) is 0 Å². The summed E-state index contributed by atoms with van der Waals surface area (Å²) in [5.41, 5.74) is 0.757. The van der Waals surface area contributed by atoms with Crippen LogP contribution in [0.4, 0.5) is 13.2 Å². The van der Waals surface area contributed by atoms with Crippen LogP contribution in [0.15, 0.2) is 60.7 Å². The molecule has 3 atom stereocenters. The summed E-state index contributed by atoms with van der Waals surface area (Å²) in [4.78, 5) is 11.6. The average molecular weight is 394 g/mol. The van der Waals surface area contributed by atoms with E-state index in [0.29, 0.717) is 0 Å². The van der Waals surface area contributed by atoms with Gasteiger partial charge in [-0.3, -0.25) is 10.6 Å². The summed E-state index contributed by atoms with van der Waals surface area (Å²) in [6.07, 6.45) is -5.13. The van der Waals surface area contributed by atoms with Crippen molar-refractivity contribution in [1.82, 2.24) is 10.6 Å². The average Bonchev–Trinajstić information content (AvgIpc) is 2.96. The van der Waals surface area contributed by atoms with Gasteiger partial charge in [-0.1, -0.05) is 60.7 Å². The molecule has 8 heteroatoms. The quantitative estimate of drug-likeness (QED) is 0.763. The third-order valence-corrected chi connectivity index (χ3v) is 4.77. The van der Waals surface area contributed by atoms with E-state index in [1.165, 1.54) is 7.11 Å². The Labute approximate surface area is 160 Å². The summed E-state index contributed by atoms with van der Waals surface area (Å²) in [5.74, 6) is -4.15. The lowest BCUT2D eigenvalue weighted by molar-refractivity contribution is -0.223. The van der Waals surface area contributed by atoms with Crippen molar-refractivity contribution in [2.24, 2.45) is 0 Å². The van der Waals surface area contributed by atoms with Crippen LogP contribution in [0.1, 0.15) is 24.1 Å². The van der Waals surface area contributed by atoms with Crippen molar-refractivity contribution in [3.05, 3.63) is 71.8 Å². The molecule has 0 bridgehead atoms. The Morgan fingerprint density at radius 2 is 1.64 bits per heavy atom. The highest BCUT2D eigenvalue weighted by atomic mass is 19.4. The lowest BCUT2D eigenvalue weighted by Crippen LogP contribution is -2.59. The number of nitrogens with one attached hydrogen (secondary N) is 2. The molecule has 2 aromatic carbocycles. The number of rotatable bonds is 5. The minimum atomic E-state index is -5.13. The van der Waals surface area contributed by atoms with Gasteiger partial charge in [0.2, 0.25) is 5.85 Å². The SMILES string of the molecule is COCC1(OC(=O)C(F)(F)F)NC(c2ccccc2)C(C)(c2ccccc2)N1. The highest BCUT2D eigenvalue weighted by Crippen LogP contribution is 2.43. The second kappa shape index (κ2) is 7.54. The highest BCUT2D eigenvalue weighted by molar-refractivity contribution is 5.76. The van der Waals surface area contributed by atoms with Crippen molar-refractivity contribution >= 4 is 5.97 Å². The Morgan fingerprint density at radius 3 is 2.18 bits per heavy atom. The first-order valence-electron chi connectivity index (χ1n) is 8.67. The van der Waals surface area contributed by atoms with Crippen molar-refractivity contribution in [3.63, 3.8) is 0 Å². The number of halogens is 3.